The maximum Gasteiger partial charge on any atom is 0.253 e. The third kappa shape index (κ3) is 2.36. The van der Waals surface area contributed by atoms with Crippen molar-refractivity contribution < 1.29 is 4.79 Å². The number of nitrogens with one attached hydrogen (secondary N) is 1. The number of amides is 1. The van der Waals surface area contributed by atoms with Gasteiger partial charge in [-0.25, -0.2) is 4.68 Å². The van der Waals surface area contributed by atoms with Crippen LogP contribution in [0.2, 0.25) is 0 Å². The number of carbonyl (C=O) groups excluding carboxylic acids is 1. The minimum absolute atomic E-state index is 0.0880. The lowest BCUT2D eigenvalue weighted by molar-refractivity contribution is 0.0652. The zero-order valence-electron chi connectivity index (χ0n) is 14.0. The Hall–Kier alpha value is -3.48. The molecule has 7 nitrogen and oxygen atoms in total. The summed E-state index contributed by atoms with van der Waals surface area (Å²) in [7, 11) is 0. The molecule has 0 aliphatic carbocycles. The summed E-state index contributed by atoms with van der Waals surface area (Å²) in [5, 5.41) is 16.8. The van der Waals surface area contributed by atoms with E-state index in [0.717, 1.165) is 41.8 Å². The summed E-state index contributed by atoms with van der Waals surface area (Å²) >= 11 is 0. The van der Waals surface area contributed by atoms with Gasteiger partial charge in [0.15, 0.2) is 0 Å². The second-order valence-corrected chi connectivity index (χ2v) is 6.36. The summed E-state index contributed by atoms with van der Waals surface area (Å²) in [5.41, 5.74) is 3.99. The summed E-state index contributed by atoms with van der Waals surface area (Å²) in [5.74, 6) is 0.0880. The molecule has 1 saturated heterocycles. The third-order valence-electron chi connectivity index (χ3n) is 4.73. The Morgan fingerprint density at radius 3 is 2.62 bits per heavy atom. The van der Waals surface area contributed by atoms with Gasteiger partial charge in [-0.3, -0.25) is 9.89 Å². The lowest BCUT2D eigenvalue weighted by atomic mass is 10.1. The molecule has 1 aliphatic heterocycles. The van der Waals surface area contributed by atoms with Crippen LogP contribution in [-0.4, -0.2) is 49.1 Å². The zero-order chi connectivity index (χ0) is 17.5. The minimum atomic E-state index is 0.0880. The number of para-hydroxylation sites is 1. The fourth-order valence-electron chi connectivity index (χ4n) is 3.12. The van der Waals surface area contributed by atoms with Crippen LogP contribution in [0.1, 0.15) is 16.8 Å². The molecule has 1 N–H and O–H groups in total. The number of likely N-dealkylation sites (tertiary alicyclic amines) is 1. The Morgan fingerprint density at radius 1 is 1.04 bits per heavy atom. The van der Waals surface area contributed by atoms with Crippen LogP contribution in [-0.2, 0) is 0 Å². The molecular weight excluding hydrogens is 328 g/mol. The highest BCUT2D eigenvalue weighted by atomic mass is 16.2. The van der Waals surface area contributed by atoms with E-state index in [2.05, 4.69) is 20.5 Å². The molecule has 2 aromatic carbocycles. The lowest BCUT2D eigenvalue weighted by Crippen LogP contribution is -2.41. The van der Waals surface area contributed by atoms with Gasteiger partial charge < -0.3 is 4.90 Å². The van der Waals surface area contributed by atoms with Crippen LogP contribution in [0.5, 0.6) is 0 Å². The van der Waals surface area contributed by atoms with Gasteiger partial charge in [-0.15, -0.1) is 5.10 Å². The van der Waals surface area contributed by atoms with E-state index in [9.17, 15) is 4.79 Å². The molecule has 0 radical (unpaired) electrons. The highest BCUT2D eigenvalue weighted by Crippen LogP contribution is 2.24. The van der Waals surface area contributed by atoms with Gasteiger partial charge in [0.25, 0.3) is 5.91 Å². The molecule has 0 spiro atoms. The zero-order valence-corrected chi connectivity index (χ0v) is 14.0. The Kier molecular flexibility index (Phi) is 3.31. The molecule has 0 saturated carbocycles. The molecule has 5 rings (SSSR count). The Morgan fingerprint density at radius 2 is 1.85 bits per heavy atom. The molecule has 0 unspecified atom stereocenters. The summed E-state index contributed by atoms with van der Waals surface area (Å²) in [6, 6.07) is 15.3. The normalized spacial score (nSPS) is 13.8. The number of hydrogen-bond donors (Lipinski definition) is 1. The van der Waals surface area contributed by atoms with Crippen molar-refractivity contribution >= 4 is 16.8 Å². The fraction of sp³-hybridized carbons (Fsp3) is 0.158. The number of benzene rings is 2. The number of hydrogen-bond acceptors (Lipinski definition) is 4. The second kappa shape index (κ2) is 5.80. The lowest BCUT2D eigenvalue weighted by Gasteiger charge is -2.30. The number of carbonyl (C=O) groups is 1. The van der Waals surface area contributed by atoms with Crippen LogP contribution < -0.4 is 0 Å². The van der Waals surface area contributed by atoms with E-state index in [1.165, 1.54) is 0 Å². The van der Waals surface area contributed by atoms with Crippen molar-refractivity contribution in [1.82, 2.24) is 30.1 Å². The van der Waals surface area contributed by atoms with Gasteiger partial charge in [-0.2, -0.15) is 5.10 Å². The van der Waals surface area contributed by atoms with Gasteiger partial charge in [0.1, 0.15) is 11.4 Å². The summed E-state index contributed by atoms with van der Waals surface area (Å²) < 4.78 is 1.69. The van der Waals surface area contributed by atoms with Gasteiger partial charge in [-0.1, -0.05) is 23.4 Å². The summed E-state index contributed by atoms with van der Waals surface area (Å²) in [6.07, 6.45) is 2.93. The van der Waals surface area contributed by atoms with Crippen molar-refractivity contribution in [2.45, 2.75) is 6.42 Å². The maximum atomic E-state index is 12.2. The molecule has 1 aliphatic rings. The molecule has 0 atom stereocenters. The number of rotatable bonds is 3. The molecule has 0 bridgehead atoms. The van der Waals surface area contributed by atoms with E-state index in [1.807, 2.05) is 59.6 Å². The van der Waals surface area contributed by atoms with Crippen molar-refractivity contribution in [2.24, 2.45) is 0 Å². The van der Waals surface area contributed by atoms with Gasteiger partial charge in [0, 0.05) is 24.0 Å². The monoisotopic (exact) mass is 344 g/mol. The van der Waals surface area contributed by atoms with Gasteiger partial charge >= 0.3 is 0 Å². The Labute approximate surface area is 149 Å². The Balaban J connectivity index is 1.44. The first-order chi connectivity index (χ1) is 12.8. The third-order valence-corrected chi connectivity index (χ3v) is 4.73. The fourth-order valence-corrected chi connectivity index (χ4v) is 3.12. The average Bonchev–Trinajstić information content (AvgIpc) is 3.27. The Bertz CT molecular complexity index is 1090. The molecule has 26 heavy (non-hydrogen) atoms. The highest BCUT2D eigenvalue weighted by molar-refractivity contribution is 5.95. The molecule has 128 valence electrons. The van der Waals surface area contributed by atoms with Crippen molar-refractivity contribution in [1.29, 1.82) is 0 Å². The smallest absolute Gasteiger partial charge is 0.253 e. The van der Waals surface area contributed by atoms with Crippen LogP contribution >= 0.6 is 0 Å². The molecule has 2 aromatic heterocycles. The first kappa shape index (κ1) is 14.8. The van der Waals surface area contributed by atoms with Gasteiger partial charge in [0.2, 0.25) is 0 Å². The quantitative estimate of drug-likeness (QED) is 0.620. The molecule has 4 aromatic rings. The predicted molar refractivity (Wildman–Crippen MR) is 97.0 cm³/mol. The van der Waals surface area contributed by atoms with Crippen molar-refractivity contribution in [3.63, 3.8) is 0 Å². The highest BCUT2D eigenvalue weighted by Gasteiger charge is 2.21. The molecule has 1 amide bonds. The van der Waals surface area contributed by atoms with E-state index in [4.69, 9.17) is 0 Å². The number of H-pyrrole nitrogens is 1. The van der Waals surface area contributed by atoms with E-state index in [0.29, 0.717) is 11.3 Å². The van der Waals surface area contributed by atoms with Crippen LogP contribution in [0.4, 0.5) is 0 Å². The SMILES string of the molecule is O=C(c1ccc(-n2cc(-c3n[nH]c4ccccc34)nn2)cc1)N1CCC1. The van der Waals surface area contributed by atoms with Crippen molar-refractivity contribution in [3.05, 3.63) is 60.3 Å². The first-order valence-electron chi connectivity index (χ1n) is 8.55. The van der Waals surface area contributed by atoms with Gasteiger partial charge in [0.05, 0.1) is 17.4 Å². The molecule has 3 heterocycles. The van der Waals surface area contributed by atoms with E-state index in [-0.39, 0.29) is 5.91 Å². The van der Waals surface area contributed by atoms with Crippen molar-refractivity contribution in [3.8, 4) is 17.1 Å². The topological polar surface area (TPSA) is 79.7 Å². The number of aromatic amines is 1. The molecule has 7 heteroatoms. The van der Waals surface area contributed by atoms with Crippen LogP contribution in [0, 0.1) is 0 Å². The van der Waals surface area contributed by atoms with E-state index >= 15 is 0 Å². The van der Waals surface area contributed by atoms with Gasteiger partial charge in [-0.05, 0) is 36.8 Å². The van der Waals surface area contributed by atoms with E-state index in [1.54, 1.807) is 4.68 Å². The first-order valence-corrected chi connectivity index (χ1v) is 8.55. The van der Waals surface area contributed by atoms with Crippen molar-refractivity contribution in [2.75, 3.05) is 13.1 Å². The second-order valence-electron chi connectivity index (χ2n) is 6.36. The number of nitrogens with zero attached hydrogens (tertiary/aromatic N) is 5. The predicted octanol–water partition coefficient (Wildman–Crippen LogP) is 2.66. The number of aromatic nitrogens is 5. The molecular formula is C19H16N6O. The minimum Gasteiger partial charge on any atom is -0.339 e. The maximum absolute atomic E-state index is 12.2. The summed E-state index contributed by atoms with van der Waals surface area (Å²) in [4.78, 5) is 14.1. The largest absolute Gasteiger partial charge is 0.339 e. The summed E-state index contributed by atoms with van der Waals surface area (Å²) in [6.45, 7) is 1.70. The van der Waals surface area contributed by atoms with Crippen LogP contribution in [0.15, 0.2) is 54.7 Å². The standard InChI is InChI=1S/C19H16N6O/c26-19(24-10-3-11-24)13-6-8-14(9-7-13)25-12-17(21-23-25)18-15-4-1-2-5-16(15)20-22-18/h1-2,4-9,12H,3,10-11H2,(H,20,22). The average molecular weight is 344 g/mol. The van der Waals surface area contributed by atoms with E-state index < -0.39 is 0 Å². The van der Waals surface area contributed by atoms with Crippen LogP contribution in [0.25, 0.3) is 28.0 Å². The molecule has 1 fully saturated rings. The number of fused-ring (bicyclic) bond motifs is 1. The van der Waals surface area contributed by atoms with Crippen LogP contribution in [0.3, 0.4) is 0 Å².